The second kappa shape index (κ2) is 3.41. The summed E-state index contributed by atoms with van der Waals surface area (Å²) < 4.78 is 7.24. The number of anilines is 1. The highest BCUT2D eigenvalue weighted by atomic mass is 16.5. The van der Waals surface area contributed by atoms with Crippen molar-refractivity contribution < 1.29 is 4.74 Å². The molecule has 0 aliphatic heterocycles. The summed E-state index contributed by atoms with van der Waals surface area (Å²) in [5.74, 6) is 1.21. The van der Waals surface area contributed by atoms with Crippen LogP contribution in [0.2, 0.25) is 0 Å². The largest absolute Gasteiger partial charge is 0.425 e. The normalized spacial score (nSPS) is 10.1. The fraction of sp³-hybridized carbons (Fsp3) is 0.100. The molecule has 0 aliphatic rings. The van der Waals surface area contributed by atoms with Crippen LogP contribution in [0.4, 0.5) is 5.82 Å². The lowest BCUT2D eigenvalue weighted by atomic mass is 10.3. The molecule has 1 aromatic carbocycles. The molecule has 0 fully saturated rings. The van der Waals surface area contributed by atoms with Crippen LogP contribution < -0.4 is 10.5 Å². The first kappa shape index (κ1) is 8.62. The summed E-state index contributed by atoms with van der Waals surface area (Å²) in [7, 11) is 1.83. The van der Waals surface area contributed by atoms with E-state index in [1.54, 1.807) is 10.8 Å². The SMILES string of the molecule is Cn1cc(N)nc1Oc1ccccc1. The minimum Gasteiger partial charge on any atom is -0.425 e. The third kappa shape index (κ3) is 1.69. The first-order valence-electron chi connectivity index (χ1n) is 4.27. The summed E-state index contributed by atoms with van der Waals surface area (Å²) in [6.07, 6.45) is 1.71. The van der Waals surface area contributed by atoms with E-state index in [1.807, 2.05) is 37.4 Å². The van der Waals surface area contributed by atoms with Crippen LogP contribution in [0.3, 0.4) is 0 Å². The summed E-state index contributed by atoms with van der Waals surface area (Å²) in [5, 5.41) is 0. The van der Waals surface area contributed by atoms with Gasteiger partial charge in [-0.15, -0.1) is 0 Å². The third-order valence-electron chi connectivity index (χ3n) is 1.80. The molecule has 72 valence electrons. The van der Waals surface area contributed by atoms with Crippen LogP contribution in [0.5, 0.6) is 11.8 Å². The Kier molecular flexibility index (Phi) is 2.10. The molecule has 0 aliphatic carbocycles. The second-order valence-corrected chi connectivity index (χ2v) is 2.97. The number of hydrogen-bond donors (Lipinski definition) is 1. The van der Waals surface area contributed by atoms with Crippen LogP contribution in [-0.2, 0) is 7.05 Å². The molecule has 0 bridgehead atoms. The zero-order valence-electron chi connectivity index (χ0n) is 7.84. The number of para-hydroxylation sites is 1. The van der Waals surface area contributed by atoms with Crippen molar-refractivity contribution in [3.8, 4) is 11.8 Å². The molecule has 0 amide bonds. The molecule has 0 radical (unpaired) electrons. The van der Waals surface area contributed by atoms with E-state index in [-0.39, 0.29) is 0 Å². The van der Waals surface area contributed by atoms with Crippen molar-refractivity contribution in [3.63, 3.8) is 0 Å². The summed E-state index contributed by atoms with van der Waals surface area (Å²) in [5.41, 5.74) is 5.52. The zero-order chi connectivity index (χ0) is 9.97. The minimum absolute atomic E-state index is 0.457. The molecule has 1 heterocycles. The molecular weight excluding hydrogens is 178 g/mol. The molecule has 0 saturated carbocycles. The van der Waals surface area contributed by atoms with Crippen LogP contribution in [-0.4, -0.2) is 9.55 Å². The molecule has 2 rings (SSSR count). The number of aryl methyl sites for hydroxylation is 1. The predicted molar refractivity (Wildman–Crippen MR) is 54.1 cm³/mol. The topological polar surface area (TPSA) is 53.1 Å². The van der Waals surface area contributed by atoms with Crippen molar-refractivity contribution in [1.29, 1.82) is 0 Å². The van der Waals surface area contributed by atoms with E-state index in [2.05, 4.69) is 4.98 Å². The number of hydrogen-bond acceptors (Lipinski definition) is 3. The Morgan fingerprint density at radius 2 is 2.00 bits per heavy atom. The Morgan fingerprint density at radius 1 is 1.29 bits per heavy atom. The van der Waals surface area contributed by atoms with Crippen molar-refractivity contribution >= 4 is 5.82 Å². The lowest BCUT2D eigenvalue weighted by molar-refractivity contribution is 0.425. The Balaban J connectivity index is 2.23. The average Bonchev–Trinajstić information content (AvgIpc) is 2.47. The van der Waals surface area contributed by atoms with E-state index in [0.29, 0.717) is 11.8 Å². The van der Waals surface area contributed by atoms with Gasteiger partial charge in [-0.2, -0.15) is 4.98 Å². The van der Waals surface area contributed by atoms with Crippen LogP contribution in [0, 0.1) is 0 Å². The van der Waals surface area contributed by atoms with E-state index < -0.39 is 0 Å². The van der Waals surface area contributed by atoms with Gasteiger partial charge >= 0.3 is 6.01 Å². The van der Waals surface area contributed by atoms with Crippen molar-refractivity contribution in [3.05, 3.63) is 36.5 Å². The lowest BCUT2D eigenvalue weighted by Crippen LogP contribution is -1.92. The van der Waals surface area contributed by atoms with Gasteiger partial charge in [0.05, 0.1) is 6.20 Å². The average molecular weight is 189 g/mol. The fourth-order valence-electron chi connectivity index (χ4n) is 1.16. The van der Waals surface area contributed by atoms with Gasteiger partial charge in [-0.3, -0.25) is 0 Å². The summed E-state index contributed by atoms with van der Waals surface area (Å²) in [6.45, 7) is 0. The number of aromatic nitrogens is 2. The number of nitrogens with two attached hydrogens (primary N) is 1. The van der Waals surface area contributed by atoms with Crippen molar-refractivity contribution in [2.75, 3.05) is 5.73 Å². The van der Waals surface area contributed by atoms with Crippen molar-refractivity contribution in [2.24, 2.45) is 7.05 Å². The first-order valence-corrected chi connectivity index (χ1v) is 4.27. The summed E-state index contributed by atoms with van der Waals surface area (Å²) in [4.78, 5) is 4.02. The maximum atomic E-state index is 5.52. The lowest BCUT2D eigenvalue weighted by Gasteiger charge is -2.03. The molecular formula is C10H11N3O. The molecule has 2 N–H and O–H groups in total. The molecule has 14 heavy (non-hydrogen) atoms. The predicted octanol–water partition coefficient (Wildman–Crippen LogP) is 1.79. The molecule has 4 heteroatoms. The second-order valence-electron chi connectivity index (χ2n) is 2.97. The summed E-state index contributed by atoms with van der Waals surface area (Å²) in [6, 6.07) is 9.97. The summed E-state index contributed by atoms with van der Waals surface area (Å²) >= 11 is 0. The van der Waals surface area contributed by atoms with Crippen LogP contribution in [0.15, 0.2) is 36.5 Å². The zero-order valence-corrected chi connectivity index (χ0v) is 7.84. The number of rotatable bonds is 2. The number of nitrogens with zero attached hydrogens (tertiary/aromatic N) is 2. The van der Waals surface area contributed by atoms with Gasteiger partial charge < -0.3 is 15.0 Å². The van der Waals surface area contributed by atoms with E-state index in [4.69, 9.17) is 10.5 Å². The quantitative estimate of drug-likeness (QED) is 0.783. The molecule has 0 unspecified atom stereocenters. The molecule has 0 atom stereocenters. The highest BCUT2D eigenvalue weighted by Gasteiger charge is 2.04. The Bertz CT molecular complexity index is 422. The number of imidazole rings is 1. The number of nitrogen functional groups attached to an aromatic ring is 1. The van der Waals surface area contributed by atoms with Gasteiger partial charge in [0.2, 0.25) is 0 Å². The Labute approximate surface area is 81.9 Å². The van der Waals surface area contributed by atoms with Gasteiger partial charge in [-0.25, -0.2) is 0 Å². The smallest absolute Gasteiger partial charge is 0.303 e. The van der Waals surface area contributed by atoms with E-state index in [1.165, 1.54) is 0 Å². The van der Waals surface area contributed by atoms with Gasteiger partial charge in [-0.05, 0) is 12.1 Å². The van der Waals surface area contributed by atoms with Gasteiger partial charge in [0.1, 0.15) is 11.6 Å². The van der Waals surface area contributed by atoms with Crippen LogP contribution in [0.1, 0.15) is 0 Å². The van der Waals surface area contributed by atoms with Gasteiger partial charge in [0.25, 0.3) is 0 Å². The van der Waals surface area contributed by atoms with Gasteiger partial charge in [0, 0.05) is 7.05 Å². The Morgan fingerprint density at radius 3 is 2.57 bits per heavy atom. The molecule has 2 aromatic rings. The van der Waals surface area contributed by atoms with E-state index >= 15 is 0 Å². The van der Waals surface area contributed by atoms with Gasteiger partial charge in [0.15, 0.2) is 0 Å². The first-order chi connectivity index (χ1) is 6.75. The third-order valence-corrected chi connectivity index (χ3v) is 1.80. The number of benzene rings is 1. The minimum atomic E-state index is 0.457. The molecule has 0 saturated heterocycles. The van der Waals surface area contributed by atoms with Gasteiger partial charge in [-0.1, -0.05) is 18.2 Å². The molecule has 0 spiro atoms. The van der Waals surface area contributed by atoms with E-state index in [9.17, 15) is 0 Å². The maximum Gasteiger partial charge on any atom is 0.303 e. The van der Waals surface area contributed by atoms with Crippen LogP contribution >= 0.6 is 0 Å². The number of ether oxygens (including phenoxy) is 1. The fourth-order valence-corrected chi connectivity index (χ4v) is 1.16. The Hall–Kier alpha value is -1.97. The highest BCUT2D eigenvalue weighted by molar-refractivity contribution is 5.31. The van der Waals surface area contributed by atoms with Crippen molar-refractivity contribution in [1.82, 2.24) is 9.55 Å². The van der Waals surface area contributed by atoms with Crippen LogP contribution in [0.25, 0.3) is 0 Å². The standard InChI is InChI=1S/C10H11N3O/c1-13-7-9(11)12-10(13)14-8-5-3-2-4-6-8/h2-7H,11H2,1H3. The molecule has 4 nitrogen and oxygen atoms in total. The maximum absolute atomic E-state index is 5.52. The van der Waals surface area contributed by atoms with E-state index in [0.717, 1.165) is 5.75 Å². The molecule has 1 aromatic heterocycles. The highest BCUT2D eigenvalue weighted by Crippen LogP contribution is 2.19. The van der Waals surface area contributed by atoms with Crippen molar-refractivity contribution in [2.45, 2.75) is 0 Å². The monoisotopic (exact) mass is 189 g/mol.